The monoisotopic (exact) mass is 269 g/mol. The van der Waals surface area contributed by atoms with Gasteiger partial charge in [0.25, 0.3) is 0 Å². The summed E-state index contributed by atoms with van der Waals surface area (Å²) in [4.78, 5) is 8.58. The fraction of sp³-hybridized carbons (Fsp3) is 0.692. The maximum Gasteiger partial charge on any atom is 0.218 e. The Hall–Kier alpha value is -1.03. The third-order valence-electron chi connectivity index (χ3n) is 3.46. The van der Waals surface area contributed by atoms with E-state index in [0.717, 1.165) is 18.1 Å². The van der Waals surface area contributed by atoms with E-state index in [4.69, 9.17) is 16.3 Å². The quantitative estimate of drug-likeness (QED) is 0.854. The third kappa shape index (κ3) is 3.25. The van der Waals surface area contributed by atoms with Crippen molar-refractivity contribution < 1.29 is 4.74 Å². The highest BCUT2D eigenvalue weighted by atomic mass is 35.5. The van der Waals surface area contributed by atoms with Gasteiger partial charge in [-0.05, 0) is 25.7 Å². The van der Waals surface area contributed by atoms with Crippen LogP contribution in [0.1, 0.15) is 31.5 Å². The summed E-state index contributed by atoms with van der Waals surface area (Å²) >= 11 is 6.03. The number of hydrogen-bond donors (Lipinski definition) is 1. The lowest BCUT2D eigenvalue weighted by molar-refractivity contribution is 0.352. The molecular formula is C13H20ClN3O. The molecule has 1 N–H and O–H groups in total. The first-order valence-corrected chi connectivity index (χ1v) is 6.98. The number of methoxy groups -OCH3 is 1. The molecule has 0 spiro atoms. The van der Waals surface area contributed by atoms with E-state index in [0.29, 0.717) is 23.7 Å². The summed E-state index contributed by atoms with van der Waals surface area (Å²) in [6.07, 6.45) is 4.89. The SMILES string of the molecule is COc1cc(NC2CCCCC2CCl)nc(C)n1. The first-order chi connectivity index (χ1) is 8.72. The molecule has 0 bridgehead atoms. The Kier molecular flexibility index (Phi) is 4.64. The second-order valence-electron chi connectivity index (χ2n) is 4.79. The molecule has 0 saturated heterocycles. The number of halogens is 1. The van der Waals surface area contributed by atoms with Crippen molar-refractivity contribution in [2.45, 2.75) is 38.6 Å². The molecule has 0 aromatic carbocycles. The molecule has 1 saturated carbocycles. The number of ether oxygens (including phenoxy) is 1. The Balaban J connectivity index is 2.09. The van der Waals surface area contributed by atoms with Crippen molar-refractivity contribution in [2.75, 3.05) is 18.3 Å². The summed E-state index contributed by atoms with van der Waals surface area (Å²) in [5.41, 5.74) is 0. The number of aromatic nitrogens is 2. The van der Waals surface area contributed by atoms with Gasteiger partial charge in [0.2, 0.25) is 5.88 Å². The predicted molar refractivity (Wildman–Crippen MR) is 73.4 cm³/mol. The van der Waals surface area contributed by atoms with E-state index in [1.165, 1.54) is 19.3 Å². The Morgan fingerprint density at radius 1 is 1.39 bits per heavy atom. The number of aryl methyl sites for hydroxylation is 1. The standard InChI is InChI=1S/C13H20ClN3O/c1-9-15-12(7-13(16-9)18-2)17-11-6-4-3-5-10(11)8-14/h7,10-11H,3-6,8H2,1-2H3,(H,15,16,17). The molecule has 18 heavy (non-hydrogen) atoms. The number of hydrogen-bond acceptors (Lipinski definition) is 4. The predicted octanol–water partition coefficient (Wildman–Crippen LogP) is 3.00. The van der Waals surface area contributed by atoms with Crippen LogP contribution in [0.2, 0.25) is 0 Å². The van der Waals surface area contributed by atoms with Gasteiger partial charge in [-0.3, -0.25) is 0 Å². The summed E-state index contributed by atoms with van der Waals surface area (Å²) in [6, 6.07) is 2.25. The van der Waals surface area contributed by atoms with E-state index in [1.807, 2.05) is 13.0 Å². The molecule has 0 aliphatic heterocycles. The van der Waals surface area contributed by atoms with Gasteiger partial charge in [0.05, 0.1) is 7.11 Å². The normalized spacial score (nSPS) is 23.7. The van der Waals surface area contributed by atoms with Crippen molar-refractivity contribution in [3.05, 3.63) is 11.9 Å². The molecule has 0 amide bonds. The lowest BCUT2D eigenvalue weighted by Crippen LogP contribution is -2.33. The van der Waals surface area contributed by atoms with Gasteiger partial charge in [0.1, 0.15) is 11.6 Å². The highest BCUT2D eigenvalue weighted by molar-refractivity contribution is 6.18. The Morgan fingerprint density at radius 2 is 2.17 bits per heavy atom. The van der Waals surface area contributed by atoms with Crippen LogP contribution in [0.25, 0.3) is 0 Å². The van der Waals surface area contributed by atoms with Crippen molar-refractivity contribution in [3.63, 3.8) is 0 Å². The zero-order valence-electron chi connectivity index (χ0n) is 10.9. The number of nitrogens with one attached hydrogen (secondary N) is 1. The van der Waals surface area contributed by atoms with Crippen molar-refractivity contribution >= 4 is 17.4 Å². The highest BCUT2D eigenvalue weighted by Crippen LogP contribution is 2.28. The molecule has 2 unspecified atom stereocenters. The number of alkyl halides is 1. The van der Waals surface area contributed by atoms with E-state index in [-0.39, 0.29) is 0 Å². The highest BCUT2D eigenvalue weighted by Gasteiger charge is 2.24. The minimum Gasteiger partial charge on any atom is -0.481 e. The molecule has 1 aromatic heterocycles. The van der Waals surface area contributed by atoms with E-state index in [2.05, 4.69) is 15.3 Å². The Bertz CT molecular complexity index is 400. The average Bonchev–Trinajstić information content (AvgIpc) is 2.38. The van der Waals surface area contributed by atoms with Gasteiger partial charge < -0.3 is 10.1 Å². The van der Waals surface area contributed by atoms with Gasteiger partial charge in [0.15, 0.2) is 0 Å². The fourth-order valence-electron chi connectivity index (χ4n) is 2.49. The largest absolute Gasteiger partial charge is 0.481 e. The molecule has 1 aromatic rings. The van der Waals surface area contributed by atoms with Crippen molar-refractivity contribution in [2.24, 2.45) is 5.92 Å². The van der Waals surface area contributed by atoms with E-state index in [9.17, 15) is 0 Å². The van der Waals surface area contributed by atoms with Gasteiger partial charge in [0, 0.05) is 18.0 Å². The van der Waals surface area contributed by atoms with E-state index in [1.54, 1.807) is 7.11 Å². The van der Waals surface area contributed by atoms with Crippen LogP contribution in [0.15, 0.2) is 6.07 Å². The van der Waals surface area contributed by atoms with Gasteiger partial charge in [-0.1, -0.05) is 12.8 Å². The zero-order valence-corrected chi connectivity index (χ0v) is 11.7. The third-order valence-corrected chi connectivity index (χ3v) is 3.86. The number of anilines is 1. The first-order valence-electron chi connectivity index (χ1n) is 6.45. The van der Waals surface area contributed by atoms with E-state index >= 15 is 0 Å². The fourth-order valence-corrected chi connectivity index (χ4v) is 2.86. The van der Waals surface area contributed by atoms with Crippen LogP contribution in [0, 0.1) is 12.8 Å². The van der Waals surface area contributed by atoms with Gasteiger partial charge in [-0.15, -0.1) is 11.6 Å². The molecule has 1 fully saturated rings. The van der Waals surface area contributed by atoms with Crippen molar-refractivity contribution in [1.29, 1.82) is 0 Å². The summed E-state index contributed by atoms with van der Waals surface area (Å²) in [7, 11) is 1.62. The first kappa shape index (κ1) is 13.4. The minimum atomic E-state index is 0.412. The number of nitrogens with zero attached hydrogens (tertiary/aromatic N) is 2. The summed E-state index contributed by atoms with van der Waals surface area (Å²) in [5.74, 6) is 3.39. The molecule has 1 aliphatic rings. The summed E-state index contributed by atoms with van der Waals surface area (Å²) < 4.78 is 5.16. The summed E-state index contributed by atoms with van der Waals surface area (Å²) in [6.45, 7) is 1.87. The molecule has 100 valence electrons. The van der Waals surface area contributed by atoms with Crippen LogP contribution in [-0.2, 0) is 0 Å². The average molecular weight is 270 g/mol. The maximum absolute atomic E-state index is 6.03. The van der Waals surface area contributed by atoms with Crippen molar-refractivity contribution in [1.82, 2.24) is 9.97 Å². The van der Waals surface area contributed by atoms with Crippen LogP contribution >= 0.6 is 11.6 Å². The molecule has 5 heteroatoms. The van der Waals surface area contributed by atoms with Crippen LogP contribution in [-0.4, -0.2) is 29.0 Å². The van der Waals surface area contributed by atoms with Gasteiger partial charge >= 0.3 is 0 Å². The van der Waals surface area contributed by atoms with Crippen LogP contribution in [0.5, 0.6) is 5.88 Å². The number of rotatable bonds is 4. The lowest BCUT2D eigenvalue weighted by atomic mass is 9.86. The van der Waals surface area contributed by atoms with Crippen LogP contribution in [0.4, 0.5) is 5.82 Å². The topological polar surface area (TPSA) is 47.0 Å². The molecule has 1 heterocycles. The maximum atomic E-state index is 6.03. The molecule has 0 radical (unpaired) electrons. The van der Waals surface area contributed by atoms with Gasteiger partial charge in [-0.2, -0.15) is 4.98 Å². The van der Waals surface area contributed by atoms with E-state index < -0.39 is 0 Å². The second kappa shape index (κ2) is 6.23. The Morgan fingerprint density at radius 3 is 2.89 bits per heavy atom. The molecular weight excluding hydrogens is 250 g/mol. The van der Waals surface area contributed by atoms with Crippen LogP contribution < -0.4 is 10.1 Å². The molecule has 4 nitrogen and oxygen atoms in total. The smallest absolute Gasteiger partial charge is 0.218 e. The van der Waals surface area contributed by atoms with Crippen LogP contribution in [0.3, 0.4) is 0 Å². The molecule has 1 aliphatic carbocycles. The van der Waals surface area contributed by atoms with Gasteiger partial charge in [-0.25, -0.2) is 4.98 Å². The van der Waals surface area contributed by atoms with Crippen molar-refractivity contribution in [3.8, 4) is 5.88 Å². The summed E-state index contributed by atoms with van der Waals surface area (Å²) in [5, 5.41) is 3.48. The lowest BCUT2D eigenvalue weighted by Gasteiger charge is -2.31. The Labute approximate surface area is 113 Å². The minimum absolute atomic E-state index is 0.412. The molecule has 2 atom stereocenters. The zero-order chi connectivity index (χ0) is 13.0. The second-order valence-corrected chi connectivity index (χ2v) is 5.10. The molecule has 2 rings (SSSR count).